The molecule has 28 heavy (non-hydrogen) atoms. The highest BCUT2D eigenvalue weighted by atomic mass is 16.6. The number of ether oxygens (including phenoxy) is 2. The van der Waals surface area contributed by atoms with Crippen LogP contribution in [-0.2, 0) is 16.1 Å². The number of hydrogen-bond acceptors (Lipinski definition) is 4. The van der Waals surface area contributed by atoms with Crippen LogP contribution in [0.3, 0.4) is 0 Å². The molecule has 2 aliphatic rings. The zero-order valence-corrected chi connectivity index (χ0v) is 17.4. The van der Waals surface area contributed by atoms with Gasteiger partial charge in [0.25, 0.3) is 0 Å². The van der Waals surface area contributed by atoms with Crippen LogP contribution < -0.4 is 4.74 Å². The Balaban J connectivity index is 1.64. The van der Waals surface area contributed by atoms with Gasteiger partial charge in [0, 0.05) is 25.7 Å². The summed E-state index contributed by atoms with van der Waals surface area (Å²) >= 11 is 0. The molecule has 2 fully saturated rings. The first kappa shape index (κ1) is 20.5. The maximum absolute atomic E-state index is 13.3. The highest BCUT2D eigenvalue weighted by Crippen LogP contribution is 2.32. The second kappa shape index (κ2) is 8.41. The number of carbonyl (C=O) groups is 2. The minimum absolute atomic E-state index is 0.153. The molecule has 1 aromatic rings. The van der Waals surface area contributed by atoms with E-state index in [0.717, 1.165) is 37.0 Å². The zero-order chi connectivity index (χ0) is 20.3. The average Bonchev–Trinajstić information content (AvgIpc) is 3.50. The Labute approximate surface area is 167 Å². The zero-order valence-electron chi connectivity index (χ0n) is 17.4. The monoisotopic (exact) mass is 388 g/mol. The third-order valence-corrected chi connectivity index (χ3v) is 5.21. The summed E-state index contributed by atoms with van der Waals surface area (Å²) in [5, 5.41) is 0. The van der Waals surface area contributed by atoms with Crippen LogP contribution in [0.2, 0.25) is 0 Å². The minimum Gasteiger partial charge on any atom is -0.497 e. The van der Waals surface area contributed by atoms with Gasteiger partial charge in [-0.1, -0.05) is 12.1 Å². The summed E-state index contributed by atoms with van der Waals surface area (Å²) in [6.45, 7) is 7.29. The van der Waals surface area contributed by atoms with E-state index in [9.17, 15) is 9.59 Å². The van der Waals surface area contributed by atoms with Crippen molar-refractivity contribution in [2.45, 2.75) is 64.6 Å². The predicted octanol–water partition coefficient (Wildman–Crippen LogP) is 3.83. The molecule has 6 nitrogen and oxygen atoms in total. The summed E-state index contributed by atoms with van der Waals surface area (Å²) < 4.78 is 10.7. The molecule has 0 bridgehead atoms. The van der Waals surface area contributed by atoms with Gasteiger partial charge in [-0.25, -0.2) is 4.79 Å². The van der Waals surface area contributed by atoms with E-state index >= 15 is 0 Å². The fourth-order valence-corrected chi connectivity index (χ4v) is 3.61. The lowest BCUT2D eigenvalue weighted by molar-refractivity contribution is -0.138. The van der Waals surface area contributed by atoms with E-state index in [1.54, 1.807) is 12.0 Å². The van der Waals surface area contributed by atoms with Crippen molar-refractivity contribution in [1.82, 2.24) is 9.80 Å². The van der Waals surface area contributed by atoms with E-state index in [0.29, 0.717) is 25.7 Å². The van der Waals surface area contributed by atoms with Crippen LogP contribution in [0.4, 0.5) is 4.79 Å². The number of piperidine rings is 1. The molecule has 154 valence electrons. The Bertz CT molecular complexity index is 691. The normalized spacial score (nSPS) is 19.9. The van der Waals surface area contributed by atoms with Crippen molar-refractivity contribution in [1.29, 1.82) is 0 Å². The van der Waals surface area contributed by atoms with Gasteiger partial charge < -0.3 is 19.3 Å². The third kappa shape index (κ3) is 5.40. The summed E-state index contributed by atoms with van der Waals surface area (Å²) in [6.07, 6.45) is 3.45. The largest absolute Gasteiger partial charge is 0.497 e. The quantitative estimate of drug-likeness (QED) is 0.769. The lowest BCUT2D eigenvalue weighted by atomic mass is 9.96. The molecule has 1 atom stereocenters. The molecule has 1 heterocycles. The smallest absolute Gasteiger partial charge is 0.410 e. The molecular formula is C22H32N2O4. The van der Waals surface area contributed by atoms with Crippen LogP contribution in [0.1, 0.15) is 52.0 Å². The highest BCUT2D eigenvalue weighted by molar-refractivity contribution is 5.81. The Morgan fingerprint density at radius 3 is 2.39 bits per heavy atom. The van der Waals surface area contributed by atoms with Crippen molar-refractivity contribution in [3.05, 3.63) is 29.8 Å². The van der Waals surface area contributed by atoms with Crippen molar-refractivity contribution in [2.75, 3.05) is 20.2 Å². The number of carbonyl (C=O) groups excluding carboxylic acids is 2. The number of rotatable bonds is 5. The molecule has 0 aromatic heterocycles. The Morgan fingerprint density at radius 1 is 1.14 bits per heavy atom. The molecular weight excluding hydrogens is 356 g/mol. The first-order valence-corrected chi connectivity index (χ1v) is 10.2. The fraction of sp³-hybridized carbons (Fsp3) is 0.636. The summed E-state index contributed by atoms with van der Waals surface area (Å²) in [5.74, 6) is 0.819. The number of nitrogens with zero attached hydrogens (tertiary/aromatic N) is 2. The standard InChI is InChI=1S/C22H32N2O4/c1-22(2,3)28-21(26)23-13-5-6-17(15-23)20(25)24(18-9-10-18)14-16-7-11-19(27-4)12-8-16/h7-8,11-12,17-18H,5-6,9-10,13-15H2,1-4H3. The molecule has 1 aromatic carbocycles. The fourth-order valence-electron chi connectivity index (χ4n) is 3.61. The van der Waals surface area contributed by atoms with Crippen LogP contribution in [0.25, 0.3) is 0 Å². The van der Waals surface area contributed by atoms with Gasteiger partial charge in [0.1, 0.15) is 11.4 Å². The predicted molar refractivity (Wildman–Crippen MR) is 107 cm³/mol. The summed E-state index contributed by atoms with van der Waals surface area (Å²) in [5.41, 5.74) is 0.573. The van der Waals surface area contributed by atoms with Crippen molar-refractivity contribution >= 4 is 12.0 Å². The van der Waals surface area contributed by atoms with Gasteiger partial charge in [0.15, 0.2) is 0 Å². The third-order valence-electron chi connectivity index (χ3n) is 5.21. The maximum Gasteiger partial charge on any atom is 0.410 e. The molecule has 6 heteroatoms. The van der Waals surface area contributed by atoms with Gasteiger partial charge in [-0.05, 0) is 64.2 Å². The average molecular weight is 389 g/mol. The Kier molecular flexibility index (Phi) is 6.16. The van der Waals surface area contributed by atoms with E-state index in [1.165, 1.54) is 0 Å². The van der Waals surface area contributed by atoms with Crippen molar-refractivity contribution < 1.29 is 19.1 Å². The van der Waals surface area contributed by atoms with E-state index in [1.807, 2.05) is 49.9 Å². The molecule has 1 saturated carbocycles. The molecule has 1 unspecified atom stereocenters. The van der Waals surface area contributed by atoms with Crippen LogP contribution in [-0.4, -0.2) is 53.6 Å². The van der Waals surface area contributed by atoms with Crippen molar-refractivity contribution in [2.24, 2.45) is 5.92 Å². The van der Waals surface area contributed by atoms with Crippen LogP contribution in [0, 0.1) is 5.92 Å². The van der Waals surface area contributed by atoms with E-state index < -0.39 is 5.60 Å². The topological polar surface area (TPSA) is 59.1 Å². The molecule has 1 aliphatic carbocycles. The van der Waals surface area contributed by atoms with Crippen molar-refractivity contribution in [3.8, 4) is 5.75 Å². The number of hydrogen-bond donors (Lipinski definition) is 0. The molecule has 3 rings (SSSR count). The molecule has 1 saturated heterocycles. The van der Waals surface area contributed by atoms with Gasteiger partial charge in [0.05, 0.1) is 13.0 Å². The van der Waals surface area contributed by atoms with Gasteiger partial charge in [0.2, 0.25) is 5.91 Å². The maximum atomic E-state index is 13.3. The van der Waals surface area contributed by atoms with E-state index in [2.05, 4.69) is 0 Å². The van der Waals surface area contributed by atoms with E-state index in [-0.39, 0.29) is 17.9 Å². The summed E-state index contributed by atoms with van der Waals surface area (Å²) in [4.78, 5) is 29.4. The minimum atomic E-state index is -0.525. The first-order chi connectivity index (χ1) is 13.3. The summed E-state index contributed by atoms with van der Waals surface area (Å²) in [6, 6.07) is 8.20. The molecule has 1 aliphatic heterocycles. The van der Waals surface area contributed by atoms with Crippen LogP contribution in [0.5, 0.6) is 5.75 Å². The molecule has 0 N–H and O–H groups in total. The number of amides is 2. The van der Waals surface area contributed by atoms with Gasteiger partial charge in [-0.2, -0.15) is 0 Å². The Morgan fingerprint density at radius 2 is 1.82 bits per heavy atom. The number of methoxy groups -OCH3 is 1. The van der Waals surface area contributed by atoms with Gasteiger partial charge in [-0.3, -0.25) is 4.79 Å². The Hall–Kier alpha value is -2.24. The second-order valence-corrected chi connectivity index (χ2v) is 8.81. The lowest BCUT2D eigenvalue weighted by Crippen LogP contribution is -2.48. The lowest BCUT2D eigenvalue weighted by Gasteiger charge is -2.36. The first-order valence-electron chi connectivity index (χ1n) is 10.2. The van der Waals surface area contributed by atoms with Gasteiger partial charge >= 0.3 is 6.09 Å². The van der Waals surface area contributed by atoms with Crippen molar-refractivity contribution in [3.63, 3.8) is 0 Å². The highest BCUT2D eigenvalue weighted by Gasteiger charge is 2.38. The van der Waals surface area contributed by atoms with E-state index in [4.69, 9.17) is 9.47 Å². The second-order valence-electron chi connectivity index (χ2n) is 8.81. The van der Waals surface area contributed by atoms with Gasteiger partial charge in [-0.15, -0.1) is 0 Å². The van der Waals surface area contributed by atoms with Crippen LogP contribution in [0.15, 0.2) is 24.3 Å². The molecule has 0 spiro atoms. The number of benzene rings is 1. The SMILES string of the molecule is COc1ccc(CN(C(=O)C2CCCN(C(=O)OC(C)(C)C)C2)C2CC2)cc1. The molecule has 0 radical (unpaired) electrons. The van der Waals surface area contributed by atoms with Crippen LogP contribution >= 0.6 is 0 Å². The summed E-state index contributed by atoms with van der Waals surface area (Å²) in [7, 11) is 1.65. The number of likely N-dealkylation sites (tertiary alicyclic amines) is 1. The molecule has 2 amide bonds.